The Morgan fingerprint density at radius 3 is 2.71 bits per heavy atom. The van der Waals surface area contributed by atoms with Gasteiger partial charge in [0.25, 0.3) is 0 Å². The second kappa shape index (κ2) is 7.04. The Morgan fingerprint density at radius 2 is 2.00 bits per heavy atom. The fraction of sp³-hybridized carbons (Fsp3) is 0.533. The Hall–Kier alpha value is -1.40. The van der Waals surface area contributed by atoms with Crippen LogP contribution in [0.5, 0.6) is 0 Å². The third-order valence-electron chi connectivity index (χ3n) is 3.62. The SMILES string of the molecule is CCCS(=O)(=O)NCCC(=O)N1CCc2ccccc2C1. The summed E-state index contributed by atoms with van der Waals surface area (Å²) in [5, 5.41) is 0. The molecule has 21 heavy (non-hydrogen) atoms. The summed E-state index contributed by atoms with van der Waals surface area (Å²) in [4.78, 5) is 13.9. The van der Waals surface area contributed by atoms with Gasteiger partial charge in [0.2, 0.25) is 15.9 Å². The van der Waals surface area contributed by atoms with Gasteiger partial charge in [-0.05, 0) is 24.0 Å². The molecule has 0 atom stereocenters. The Balaban J connectivity index is 1.83. The topological polar surface area (TPSA) is 66.5 Å². The van der Waals surface area contributed by atoms with Crippen molar-refractivity contribution in [2.75, 3.05) is 18.8 Å². The summed E-state index contributed by atoms with van der Waals surface area (Å²) < 4.78 is 25.5. The predicted octanol–water partition coefficient (Wildman–Crippen LogP) is 1.29. The molecule has 0 bridgehead atoms. The molecule has 0 saturated carbocycles. The van der Waals surface area contributed by atoms with Crippen LogP contribution in [0.3, 0.4) is 0 Å². The highest BCUT2D eigenvalue weighted by molar-refractivity contribution is 7.89. The zero-order chi connectivity index (χ0) is 15.3. The lowest BCUT2D eigenvalue weighted by Crippen LogP contribution is -2.38. The van der Waals surface area contributed by atoms with Crippen LogP contribution in [-0.2, 0) is 27.8 Å². The Morgan fingerprint density at radius 1 is 1.29 bits per heavy atom. The van der Waals surface area contributed by atoms with E-state index in [1.807, 2.05) is 25.1 Å². The number of nitrogens with one attached hydrogen (secondary N) is 1. The lowest BCUT2D eigenvalue weighted by Gasteiger charge is -2.29. The highest BCUT2D eigenvalue weighted by atomic mass is 32.2. The van der Waals surface area contributed by atoms with E-state index in [4.69, 9.17) is 0 Å². The van der Waals surface area contributed by atoms with E-state index in [0.29, 0.717) is 19.5 Å². The van der Waals surface area contributed by atoms with E-state index >= 15 is 0 Å². The first kappa shape index (κ1) is 16.0. The van der Waals surface area contributed by atoms with E-state index in [-0.39, 0.29) is 24.6 Å². The fourth-order valence-corrected chi connectivity index (χ4v) is 3.62. The first-order valence-electron chi connectivity index (χ1n) is 7.33. The Kier molecular flexibility index (Phi) is 5.36. The van der Waals surface area contributed by atoms with Gasteiger partial charge in [0.05, 0.1) is 5.75 Å². The van der Waals surface area contributed by atoms with Crippen molar-refractivity contribution in [1.29, 1.82) is 0 Å². The minimum absolute atomic E-state index is 0.00343. The number of hydrogen-bond acceptors (Lipinski definition) is 3. The summed E-state index contributed by atoms with van der Waals surface area (Å²) in [6, 6.07) is 8.12. The van der Waals surface area contributed by atoms with E-state index in [1.54, 1.807) is 4.90 Å². The molecule has 2 rings (SSSR count). The van der Waals surface area contributed by atoms with Crippen LogP contribution >= 0.6 is 0 Å². The first-order valence-corrected chi connectivity index (χ1v) is 8.99. The highest BCUT2D eigenvalue weighted by Gasteiger charge is 2.20. The van der Waals surface area contributed by atoms with Crippen molar-refractivity contribution >= 4 is 15.9 Å². The predicted molar refractivity (Wildman–Crippen MR) is 82.3 cm³/mol. The number of benzene rings is 1. The number of carbonyl (C=O) groups excluding carboxylic acids is 1. The molecule has 0 radical (unpaired) electrons. The molecule has 0 spiro atoms. The first-order chi connectivity index (χ1) is 10.0. The molecule has 0 aromatic heterocycles. The van der Waals surface area contributed by atoms with Gasteiger partial charge < -0.3 is 4.90 Å². The van der Waals surface area contributed by atoms with Crippen LogP contribution in [0.25, 0.3) is 0 Å². The molecule has 1 heterocycles. The highest BCUT2D eigenvalue weighted by Crippen LogP contribution is 2.18. The minimum atomic E-state index is -3.23. The number of fused-ring (bicyclic) bond motifs is 1. The summed E-state index contributed by atoms with van der Waals surface area (Å²) in [6.07, 6.45) is 1.65. The van der Waals surface area contributed by atoms with Crippen LogP contribution in [-0.4, -0.2) is 38.1 Å². The molecule has 1 aromatic carbocycles. The molecule has 0 unspecified atom stereocenters. The maximum atomic E-state index is 12.1. The molecule has 1 amide bonds. The lowest BCUT2D eigenvalue weighted by molar-refractivity contribution is -0.131. The van der Waals surface area contributed by atoms with E-state index in [0.717, 1.165) is 6.42 Å². The molecule has 0 aliphatic carbocycles. The number of rotatable bonds is 6. The number of nitrogens with zero attached hydrogens (tertiary/aromatic N) is 1. The molecule has 0 saturated heterocycles. The molecule has 1 aromatic rings. The van der Waals surface area contributed by atoms with Crippen LogP contribution in [0.15, 0.2) is 24.3 Å². The average Bonchev–Trinajstić information content (AvgIpc) is 2.46. The van der Waals surface area contributed by atoms with Crippen LogP contribution in [0, 0.1) is 0 Å². The minimum Gasteiger partial charge on any atom is -0.338 e. The van der Waals surface area contributed by atoms with Crippen LogP contribution in [0.2, 0.25) is 0 Å². The third-order valence-corrected chi connectivity index (χ3v) is 5.21. The van der Waals surface area contributed by atoms with Crippen molar-refractivity contribution in [3.05, 3.63) is 35.4 Å². The Bertz CT molecular complexity index is 599. The molecule has 116 valence electrons. The molecule has 1 N–H and O–H groups in total. The van der Waals surface area contributed by atoms with E-state index in [9.17, 15) is 13.2 Å². The van der Waals surface area contributed by atoms with Crippen molar-refractivity contribution in [2.24, 2.45) is 0 Å². The second-order valence-corrected chi connectivity index (χ2v) is 7.22. The molecule has 5 nitrogen and oxygen atoms in total. The maximum absolute atomic E-state index is 12.1. The number of carbonyl (C=O) groups is 1. The van der Waals surface area contributed by atoms with E-state index in [1.165, 1.54) is 11.1 Å². The molecular formula is C15H22N2O3S. The summed E-state index contributed by atoms with van der Waals surface area (Å²) >= 11 is 0. The molecule has 6 heteroatoms. The molecule has 1 aliphatic rings. The van der Waals surface area contributed by atoms with Gasteiger partial charge >= 0.3 is 0 Å². The average molecular weight is 310 g/mol. The van der Waals surface area contributed by atoms with E-state index in [2.05, 4.69) is 10.8 Å². The van der Waals surface area contributed by atoms with Gasteiger partial charge in [-0.1, -0.05) is 31.2 Å². The van der Waals surface area contributed by atoms with Crippen LogP contribution < -0.4 is 4.72 Å². The van der Waals surface area contributed by atoms with Crippen LogP contribution in [0.1, 0.15) is 30.9 Å². The Labute approximate surface area is 126 Å². The van der Waals surface area contributed by atoms with Crippen molar-refractivity contribution in [2.45, 2.75) is 32.7 Å². The summed E-state index contributed by atoms with van der Waals surface area (Å²) in [5.74, 6) is 0.113. The van der Waals surface area contributed by atoms with Crippen molar-refractivity contribution in [3.8, 4) is 0 Å². The fourth-order valence-electron chi connectivity index (χ4n) is 2.52. The molecule has 1 aliphatic heterocycles. The van der Waals surface area contributed by atoms with Gasteiger partial charge in [-0.15, -0.1) is 0 Å². The monoisotopic (exact) mass is 310 g/mol. The lowest BCUT2D eigenvalue weighted by atomic mass is 10.00. The van der Waals surface area contributed by atoms with Gasteiger partial charge in [-0.2, -0.15) is 0 Å². The van der Waals surface area contributed by atoms with Gasteiger partial charge in [-0.25, -0.2) is 13.1 Å². The van der Waals surface area contributed by atoms with Crippen molar-refractivity contribution < 1.29 is 13.2 Å². The van der Waals surface area contributed by atoms with Gasteiger partial charge in [0.1, 0.15) is 0 Å². The quantitative estimate of drug-likeness (QED) is 0.861. The number of sulfonamides is 1. The van der Waals surface area contributed by atoms with Gasteiger partial charge in [0, 0.05) is 26.1 Å². The maximum Gasteiger partial charge on any atom is 0.224 e. The van der Waals surface area contributed by atoms with Crippen molar-refractivity contribution in [1.82, 2.24) is 9.62 Å². The number of amides is 1. The summed E-state index contributed by atoms with van der Waals surface area (Å²) in [7, 11) is -3.23. The van der Waals surface area contributed by atoms with E-state index < -0.39 is 10.0 Å². The van der Waals surface area contributed by atoms with Gasteiger partial charge in [0.15, 0.2) is 0 Å². The zero-order valence-electron chi connectivity index (χ0n) is 12.3. The molecular weight excluding hydrogens is 288 g/mol. The van der Waals surface area contributed by atoms with Gasteiger partial charge in [-0.3, -0.25) is 4.79 Å². The summed E-state index contributed by atoms with van der Waals surface area (Å²) in [6.45, 7) is 3.32. The smallest absolute Gasteiger partial charge is 0.224 e. The standard InChI is InChI=1S/C15H22N2O3S/c1-2-11-21(19,20)16-9-7-15(18)17-10-8-13-5-3-4-6-14(13)12-17/h3-6,16H,2,7-12H2,1H3. The number of hydrogen-bond donors (Lipinski definition) is 1. The third kappa shape index (κ3) is 4.54. The second-order valence-electron chi connectivity index (χ2n) is 5.30. The summed E-state index contributed by atoms with van der Waals surface area (Å²) in [5.41, 5.74) is 2.48. The zero-order valence-corrected chi connectivity index (χ0v) is 13.2. The van der Waals surface area contributed by atoms with Crippen molar-refractivity contribution in [3.63, 3.8) is 0 Å². The normalized spacial score (nSPS) is 14.8. The largest absolute Gasteiger partial charge is 0.338 e. The van der Waals surface area contributed by atoms with Crippen LogP contribution in [0.4, 0.5) is 0 Å². The molecule has 0 fully saturated rings.